The molecule has 1 aromatic heterocycles. The first-order chi connectivity index (χ1) is 10.6. The van der Waals surface area contributed by atoms with E-state index in [1.54, 1.807) is 6.07 Å². The van der Waals surface area contributed by atoms with Crippen molar-refractivity contribution in [2.75, 3.05) is 0 Å². The van der Waals surface area contributed by atoms with Gasteiger partial charge in [0.25, 0.3) is 5.91 Å². The van der Waals surface area contributed by atoms with Crippen molar-refractivity contribution in [3.63, 3.8) is 0 Å². The summed E-state index contributed by atoms with van der Waals surface area (Å²) in [5.74, 6) is 0.484. The van der Waals surface area contributed by atoms with Crippen LogP contribution in [0.1, 0.15) is 47.4 Å². The standard InChI is InChI=1S/C17H19ClN2O2/c18-14-5-3-13(4-6-14)17(7-1-2-8-17)20-16(21)12-9-15(10-19)22-11-12/h3-6,9,11H,1-2,7-8,10,19H2,(H,20,21). The van der Waals surface area contributed by atoms with Gasteiger partial charge >= 0.3 is 0 Å². The third-order valence-corrected chi connectivity index (χ3v) is 4.58. The number of rotatable bonds is 4. The van der Waals surface area contributed by atoms with Crippen molar-refractivity contribution in [2.45, 2.75) is 37.8 Å². The summed E-state index contributed by atoms with van der Waals surface area (Å²) < 4.78 is 5.25. The Morgan fingerprint density at radius 3 is 2.55 bits per heavy atom. The lowest BCUT2D eigenvalue weighted by molar-refractivity contribution is 0.0897. The number of carbonyl (C=O) groups excluding carboxylic acids is 1. The SMILES string of the molecule is NCc1cc(C(=O)NC2(c3ccc(Cl)cc3)CCCC2)co1. The van der Waals surface area contributed by atoms with E-state index < -0.39 is 0 Å². The summed E-state index contributed by atoms with van der Waals surface area (Å²) in [4.78, 5) is 12.5. The molecule has 1 aliphatic carbocycles. The molecule has 22 heavy (non-hydrogen) atoms. The Bertz CT molecular complexity index is 658. The van der Waals surface area contributed by atoms with Crippen LogP contribution in [0.15, 0.2) is 41.0 Å². The highest BCUT2D eigenvalue weighted by molar-refractivity contribution is 6.30. The zero-order chi connectivity index (χ0) is 15.6. The lowest BCUT2D eigenvalue weighted by Crippen LogP contribution is -2.43. The van der Waals surface area contributed by atoms with E-state index in [9.17, 15) is 4.79 Å². The van der Waals surface area contributed by atoms with Gasteiger partial charge in [0.2, 0.25) is 0 Å². The molecule has 1 heterocycles. The molecule has 1 aliphatic rings. The molecular weight excluding hydrogens is 300 g/mol. The van der Waals surface area contributed by atoms with Crippen LogP contribution in [0.2, 0.25) is 5.02 Å². The molecule has 0 aliphatic heterocycles. The van der Waals surface area contributed by atoms with E-state index in [2.05, 4.69) is 5.32 Å². The van der Waals surface area contributed by atoms with Crippen molar-refractivity contribution in [2.24, 2.45) is 5.73 Å². The molecule has 1 saturated carbocycles. The fourth-order valence-corrected chi connectivity index (χ4v) is 3.26. The fourth-order valence-electron chi connectivity index (χ4n) is 3.13. The van der Waals surface area contributed by atoms with E-state index in [4.69, 9.17) is 21.8 Å². The Morgan fingerprint density at radius 1 is 1.27 bits per heavy atom. The largest absolute Gasteiger partial charge is 0.467 e. The van der Waals surface area contributed by atoms with Crippen LogP contribution in [0.25, 0.3) is 0 Å². The Hall–Kier alpha value is -1.78. The van der Waals surface area contributed by atoms with Crippen LogP contribution >= 0.6 is 11.6 Å². The minimum Gasteiger partial charge on any atom is -0.467 e. The molecule has 3 rings (SSSR count). The van der Waals surface area contributed by atoms with Crippen LogP contribution in [0.4, 0.5) is 0 Å². The molecule has 1 fully saturated rings. The number of benzene rings is 1. The predicted octanol–water partition coefficient (Wildman–Crippen LogP) is 3.59. The Morgan fingerprint density at radius 2 is 1.95 bits per heavy atom. The summed E-state index contributed by atoms with van der Waals surface area (Å²) in [6, 6.07) is 9.42. The number of hydrogen-bond acceptors (Lipinski definition) is 3. The maximum Gasteiger partial charge on any atom is 0.255 e. The normalized spacial score (nSPS) is 16.6. The summed E-state index contributed by atoms with van der Waals surface area (Å²) >= 11 is 5.97. The van der Waals surface area contributed by atoms with Gasteiger partial charge in [-0.1, -0.05) is 36.6 Å². The first kappa shape index (κ1) is 15.1. The van der Waals surface area contributed by atoms with Crippen LogP contribution in [0, 0.1) is 0 Å². The molecule has 0 bridgehead atoms. The second-order valence-corrected chi connectivity index (χ2v) is 6.19. The molecule has 0 unspecified atom stereocenters. The van der Waals surface area contributed by atoms with Crippen LogP contribution < -0.4 is 11.1 Å². The van der Waals surface area contributed by atoms with Gasteiger partial charge in [-0.05, 0) is 36.6 Å². The van der Waals surface area contributed by atoms with Gasteiger partial charge in [0.15, 0.2) is 0 Å². The van der Waals surface area contributed by atoms with Gasteiger partial charge in [0.1, 0.15) is 12.0 Å². The second kappa shape index (κ2) is 6.15. The van der Waals surface area contributed by atoms with E-state index in [1.165, 1.54) is 6.26 Å². The molecule has 0 radical (unpaired) electrons. The summed E-state index contributed by atoms with van der Waals surface area (Å²) in [6.45, 7) is 0.287. The smallest absolute Gasteiger partial charge is 0.255 e. The molecule has 4 nitrogen and oxygen atoms in total. The van der Waals surface area contributed by atoms with E-state index in [0.717, 1.165) is 31.2 Å². The van der Waals surface area contributed by atoms with Gasteiger partial charge in [0.05, 0.1) is 17.6 Å². The summed E-state index contributed by atoms with van der Waals surface area (Å²) in [6.07, 6.45) is 5.52. The number of carbonyl (C=O) groups is 1. The molecule has 3 N–H and O–H groups in total. The molecule has 0 saturated heterocycles. The van der Waals surface area contributed by atoms with Crippen molar-refractivity contribution < 1.29 is 9.21 Å². The van der Waals surface area contributed by atoms with Crippen LogP contribution in [-0.2, 0) is 12.1 Å². The molecular formula is C17H19ClN2O2. The number of furan rings is 1. The predicted molar refractivity (Wildman–Crippen MR) is 85.7 cm³/mol. The van der Waals surface area contributed by atoms with Crippen molar-refractivity contribution >= 4 is 17.5 Å². The first-order valence-electron chi connectivity index (χ1n) is 7.49. The Kier molecular flexibility index (Phi) is 4.23. The van der Waals surface area contributed by atoms with Gasteiger partial charge in [0, 0.05) is 5.02 Å². The lowest BCUT2D eigenvalue weighted by Gasteiger charge is -2.31. The van der Waals surface area contributed by atoms with Crippen LogP contribution in [0.3, 0.4) is 0 Å². The molecule has 1 aromatic carbocycles. The number of amides is 1. The average Bonchev–Trinajstić information content (AvgIpc) is 3.17. The quantitative estimate of drug-likeness (QED) is 0.905. The lowest BCUT2D eigenvalue weighted by atomic mass is 9.88. The summed E-state index contributed by atoms with van der Waals surface area (Å²) in [5, 5.41) is 3.90. The summed E-state index contributed by atoms with van der Waals surface area (Å²) in [7, 11) is 0. The molecule has 2 aromatic rings. The molecule has 116 valence electrons. The zero-order valence-electron chi connectivity index (χ0n) is 12.3. The van der Waals surface area contributed by atoms with Crippen molar-refractivity contribution in [3.8, 4) is 0 Å². The average molecular weight is 319 g/mol. The number of nitrogens with one attached hydrogen (secondary N) is 1. The second-order valence-electron chi connectivity index (χ2n) is 5.76. The van der Waals surface area contributed by atoms with Gasteiger partial charge in [-0.3, -0.25) is 4.79 Å². The van der Waals surface area contributed by atoms with Gasteiger partial charge in [-0.15, -0.1) is 0 Å². The third-order valence-electron chi connectivity index (χ3n) is 4.32. The van der Waals surface area contributed by atoms with E-state index in [-0.39, 0.29) is 18.0 Å². The molecule has 5 heteroatoms. The van der Waals surface area contributed by atoms with Crippen molar-refractivity contribution in [3.05, 3.63) is 58.5 Å². The highest BCUT2D eigenvalue weighted by Gasteiger charge is 2.37. The third kappa shape index (κ3) is 2.89. The fraction of sp³-hybridized carbons (Fsp3) is 0.353. The number of nitrogens with two attached hydrogens (primary N) is 1. The minimum absolute atomic E-state index is 0.125. The van der Waals surface area contributed by atoms with Gasteiger partial charge < -0.3 is 15.5 Å². The number of hydrogen-bond donors (Lipinski definition) is 2. The number of halogens is 1. The van der Waals surface area contributed by atoms with E-state index in [1.807, 2.05) is 24.3 Å². The summed E-state index contributed by atoms with van der Waals surface area (Å²) in [5.41, 5.74) is 6.82. The van der Waals surface area contributed by atoms with Gasteiger partial charge in [-0.25, -0.2) is 0 Å². The van der Waals surface area contributed by atoms with Crippen molar-refractivity contribution in [1.82, 2.24) is 5.32 Å². The topological polar surface area (TPSA) is 68.3 Å². The Balaban J connectivity index is 1.85. The molecule has 0 spiro atoms. The Labute approximate surface area is 134 Å². The van der Waals surface area contributed by atoms with Crippen LogP contribution in [0.5, 0.6) is 0 Å². The first-order valence-corrected chi connectivity index (χ1v) is 7.87. The van der Waals surface area contributed by atoms with E-state index in [0.29, 0.717) is 16.3 Å². The minimum atomic E-state index is -0.318. The van der Waals surface area contributed by atoms with Gasteiger partial charge in [-0.2, -0.15) is 0 Å². The maximum atomic E-state index is 12.5. The van der Waals surface area contributed by atoms with Crippen molar-refractivity contribution in [1.29, 1.82) is 0 Å². The zero-order valence-corrected chi connectivity index (χ0v) is 13.0. The highest BCUT2D eigenvalue weighted by atomic mass is 35.5. The highest BCUT2D eigenvalue weighted by Crippen LogP contribution is 2.39. The maximum absolute atomic E-state index is 12.5. The van der Waals surface area contributed by atoms with Crippen LogP contribution in [-0.4, -0.2) is 5.91 Å². The molecule has 0 atom stereocenters. The molecule has 1 amide bonds. The van der Waals surface area contributed by atoms with E-state index >= 15 is 0 Å². The monoisotopic (exact) mass is 318 g/mol.